The predicted octanol–water partition coefficient (Wildman–Crippen LogP) is 0.820. The van der Waals surface area contributed by atoms with Gasteiger partial charge in [-0.05, 0) is 5.56 Å². The minimum atomic E-state index is -0.129. The largest absolute Gasteiger partial charge is 0.350 e. The van der Waals surface area contributed by atoms with E-state index in [1.54, 1.807) is 0 Å². The number of nitrogens with zero attached hydrogens (tertiary/aromatic N) is 1. The first-order valence-corrected chi connectivity index (χ1v) is 6.08. The summed E-state index contributed by atoms with van der Waals surface area (Å²) in [7, 11) is 0. The summed E-state index contributed by atoms with van der Waals surface area (Å²) < 4.78 is 11.0. The van der Waals surface area contributed by atoms with Crippen molar-refractivity contribution in [3.63, 3.8) is 0 Å². The Morgan fingerprint density at radius 1 is 1.35 bits per heavy atom. The van der Waals surface area contributed by atoms with E-state index in [-0.39, 0.29) is 6.29 Å². The van der Waals surface area contributed by atoms with Crippen LogP contribution >= 0.6 is 0 Å². The molecule has 1 atom stereocenters. The summed E-state index contributed by atoms with van der Waals surface area (Å²) in [5.41, 5.74) is 6.74. The van der Waals surface area contributed by atoms with Gasteiger partial charge in [0.15, 0.2) is 6.29 Å². The number of hydrogen-bond acceptors (Lipinski definition) is 4. The molecule has 0 amide bonds. The third-order valence-electron chi connectivity index (χ3n) is 2.79. The van der Waals surface area contributed by atoms with E-state index in [4.69, 9.17) is 15.2 Å². The van der Waals surface area contributed by atoms with Crippen LogP contribution in [0.5, 0.6) is 0 Å². The number of ether oxygens (including phenoxy) is 2. The molecule has 4 heteroatoms. The Morgan fingerprint density at radius 2 is 2.18 bits per heavy atom. The van der Waals surface area contributed by atoms with E-state index in [0.29, 0.717) is 13.2 Å². The fourth-order valence-electron chi connectivity index (χ4n) is 1.95. The van der Waals surface area contributed by atoms with Crippen LogP contribution in [0.25, 0.3) is 0 Å². The molecule has 1 unspecified atom stereocenters. The number of rotatable bonds is 5. The van der Waals surface area contributed by atoms with E-state index in [9.17, 15) is 0 Å². The molecular formula is C13H20N2O2. The van der Waals surface area contributed by atoms with Gasteiger partial charge in [-0.2, -0.15) is 0 Å². The van der Waals surface area contributed by atoms with Gasteiger partial charge in [-0.15, -0.1) is 0 Å². The first kappa shape index (κ1) is 12.5. The molecule has 0 bridgehead atoms. The fraction of sp³-hybridized carbons (Fsp3) is 0.538. The molecule has 0 radical (unpaired) electrons. The summed E-state index contributed by atoms with van der Waals surface area (Å²) in [6.07, 6.45) is -0.129. The Labute approximate surface area is 102 Å². The topological polar surface area (TPSA) is 47.7 Å². The van der Waals surface area contributed by atoms with E-state index in [2.05, 4.69) is 29.2 Å². The van der Waals surface area contributed by atoms with Crippen molar-refractivity contribution in [2.45, 2.75) is 12.8 Å². The van der Waals surface area contributed by atoms with Gasteiger partial charge in [-0.1, -0.05) is 30.3 Å². The Balaban J connectivity index is 1.81. The molecule has 1 aromatic rings. The van der Waals surface area contributed by atoms with Crippen LogP contribution in [0.1, 0.15) is 5.56 Å². The van der Waals surface area contributed by atoms with Crippen LogP contribution in [0.3, 0.4) is 0 Å². The van der Waals surface area contributed by atoms with E-state index in [0.717, 1.165) is 26.2 Å². The second-order valence-electron chi connectivity index (χ2n) is 4.18. The highest BCUT2D eigenvalue weighted by molar-refractivity contribution is 5.14. The number of morpholine rings is 1. The van der Waals surface area contributed by atoms with E-state index < -0.39 is 0 Å². The maximum atomic E-state index is 5.53. The normalized spacial score (nSPS) is 21.6. The van der Waals surface area contributed by atoms with Gasteiger partial charge in [0, 0.05) is 26.2 Å². The van der Waals surface area contributed by atoms with Crippen molar-refractivity contribution in [3.8, 4) is 0 Å². The highest BCUT2D eigenvalue weighted by Crippen LogP contribution is 2.10. The average molecular weight is 236 g/mol. The molecule has 2 rings (SSSR count). The summed E-state index contributed by atoms with van der Waals surface area (Å²) in [4.78, 5) is 2.35. The van der Waals surface area contributed by atoms with E-state index >= 15 is 0 Å². The van der Waals surface area contributed by atoms with Crippen molar-refractivity contribution in [3.05, 3.63) is 35.9 Å². The molecule has 1 fully saturated rings. The van der Waals surface area contributed by atoms with E-state index in [1.807, 2.05) is 6.07 Å². The molecule has 0 aromatic heterocycles. The molecule has 1 aromatic carbocycles. The van der Waals surface area contributed by atoms with Gasteiger partial charge in [-0.25, -0.2) is 0 Å². The predicted molar refractivity (Wildman–Crippen MR) is 66.5 cm³/mol. The van der Waals surface area contributed by atoms with Crippen LogP contribution in [0.15, 0.2) is 30.3 Å². The molecule has 4 nitrogen and oxygen atoms in total. The minimum Gasteiger partial charge on any atom is -0.350 e. The number of benzene rings is 1. The van der Waals surface area contributed by atoms with Crippen LogP contribution in [-0.2, 0) is 16.0 Å². The number of nitrogens with two attached hydrogens (primary N) is 1. The molecule has 1 aliphatic heterocycles. The average Bonchev–Trinajstić information content (AvgIpc) is 2.38. The van der Waals surface area contributed by atoms with Gasteiger partial charge in [0.25, 0.3) is 0 Å². The SMILES string of the molecule is NCCOC1CN(Cc2ccccc2)CCO1. The van der Waals surface area contributed by atoms with Crippen molar-refractivity contribution in [1.29, 1.82) is 0 Å². The van der Waals surface area contributed by atoms with Crippen LogP contribution in [0.4, 0.5) is 0 Å². The lowest BCUT2D eigenvalue weighted by molar-refractivity contribution is -0.179. The standard InChI is InChI=1S/C13H20N2O2/c14-6-8-16-13-11-15(7-9-17-13)10-12-4-2-1-3-5-12/h1-5,13H,6-11,14H2. The molecule has 0 aliphatic carbocycles. The maximum Gasteiger partial charge on any atom is 0.170 e. The van der Waals surface area contributed by atoms with Crippen molar-refractivity contribution in [2.24, 2.45) is 5.73 Å². The van der Waals surface area contributed by atoms with Gasteiger partial charge < -0.3 is 15.2 Å². The molecule has 1 aliphatic rings. The highest BCUT2D eigenvalue weighted by atomic mass is 16.7. The Morgan fingerprint density at radius 3 is 2.94 bits per heavy atom. The third kappa shape index (κ3) is 4.09. The summed E-state index contributed by atoms with van der Waals surface area (Å²) in [5.74, 6) is 0. The zero-order valence-electron chi connectivity index (χ0n) is 10.0. The van der Waals surface area contributed by atoms with E-state index in [1.165, 1.54) is 5.56 Å². The van der Waals surface area contributed by atoms with Gasteiger partial charge in [0.05, 0.1) is 13.2 Å². The number of hydrogen-bond donors (Lipinski definition) is 1. The molecule has 1 saturated heterocycles. The van der Waals surface area contributed by atoms with Gasteiger partial charge in [0.2, 0.25) is 0 Å². The zero-order valence-corrected chi connectivity index (χ0v) is 10.0. The lowest BCUT2D eigenvalue weighted by Gasteiger charge is -2.32. The van der Waals surface area contributed by atoms with Crippen LogP contribution < -0.4 is 5.73 Å². The smallest absolute Gasteiger partial charge is 0.170 e. The molecule has 1 heterocycles. The van der Waals surface area contributed by atoms with Crippen molar-refractivity contribution in [2.75, 3.05) is 32.8 Å². The van der Waals surface area contributed by atoms with Crippen LogP contribution in [0.2, 0.25) is 0 Å². The Hall–Kier alpha value is -0.940. The summed E-state index contributed by atoms with van der Waals surface area (Å²) in [5, 5.41) is 0. The first-order valence-electron chi connectivity index (χ1n) is 6.08. The quantitative estimate of drug-likeness (QED) is 0.822. The molecular weight excluding hydrogens is 216 g/mol. The fourth-order valence-corrected chi connectivity index (χ4v) is 1.95. The van der Waals surface area contributed by atoms with Gasteiger partial charge in [0.1, 0.15) is 0 Å². The molecule has 2 N–H and O–H groups in total. The summed E-state index contributed by atoms with van der Waals surface area (Å²) >= 11 is 0. The second-order valence-corrected chi connectivity index (χ2v) is 4.18. The van der Waals surface area contributed by atoms with Gasteiger partial charge >= 0.3 is 0 Å². The monoisotopic (exact) mass is 236 g/mol. The minimum absolute atomic E-state index is 0.129. The van der Waals surface area contributed by atoms with Crippen molar-refractivity contribution < 1.29 is 9.47 Å². The highest BCUT2D eigenvalue weighted by Gasteiger charge is 2.20. The maximum absolute atomic E-state index is 5.53. The third-order valence-corrected chi connectivity index (χ3v) is 2.79. The summed E-state index contributed by atoms with van der Waals surface area (Å²) in [6.45, 7) is 4.55. The van der Waals surface area contributed by atoms with Crippen LogP contribution in [0, 0.1) is 0 Å². The molecule has 0 spiro atoms. The lowest BCUT2D eigenvalue weighted by atomic mass is 10.2. The van der Waals surface area contributed by atoms with Crippen molar-refractivity contribution >= 4 is 0 Å². The summed E-state index contributed by atoms with van der Waals surface area (Å²) in [6, 6.07) is 10.5. The molecule has 17 heavy (non-hydrogen) atoms. The van der Waals surface area contributed by atoms with Gasteiger partial charge in [-0.3, -0.25) is 4.90 Å². The second kappa shape index (κ2) is 6.71. The molecule has 0 saturated carbocycles. The zero-order chi connectivity index (χ0) is 11.9. The van der Waals surface area contributed by atoms with Crippen LogP contribution in [-0.4, -0.2) is 44.0 Å². The Kier molecular flexibility index (Phi) is 4.94. The molecule has 94 valence electrons. The first-order chi connectivity index (χ1) is 8.38. The Bertz CT molecular complexity index is 318. The van der Waals surface area contributed by atoms with Crippen molar-refractivity contribution in [1.82, 2.24) is 4.90 Å². The lowest BCUT2D eigenvalue weighted by Crippen LogP contribution is -2.43.